The van der Waals surface area contributed by atoms with Gasteiger partial charge in [0.15, 0.2) is 5.78 Å². The first-order valence-corrected chi connectivity index (χ1v) is 11.0. The van der Waals surface area contributed by atoms with Crippen molar-refractivity contribution in [1.29, 1.82) is 0 Å². The van der Waals surface area contributed by atoms with Gasteiger partial charge in [-0.05, 0) is 18.2 Å². The lowest BCUT2D eigenvalue weighted by atomic mass is 9.75. The van der Waals surface area contributed by atoms with Gasteiger partial charge in [0.1, 0.15) is 5.70 Å². The van der Waals surface area contributed by atoms with Gasteiger partial charge in [-0.3, -0.25) is 24.0 Å². The maximum Gasteiger partial charge on any atom is 0.278 e. The lowest BCUT2D eigenvalue weighted by molar-refractivity contribution is -0.122. The molecule has 2 aliphatic heterocycles. The van der Waals surface area contributed by atoms with Crippen LogP contribution in [0.25, 0.3) is 16.5 Å². The summed E-state index contributed by atoms with van der Waals surface area (Å²) in [7, 11) is 1.55. The highest BCUT2D eigenvalue weighted by atomic mass is 16.2. The Balaban J connectivity index is 1.77. The van der Waals surface area contributed by atoms with Crippen LogP contribution in [-0.4, -0.2) is 33.9 Å². The number of likely N-dealkylation sites (N-methyl/N-ethyl adjacent to an activating group) is 1. The number of benzene rings is 3. The molecule has 0 radical (unpaired) electrons. The molecule has 1 aliphatic carbocycles. The van der Waals surface area contributed by atoms with Gasteiger partial charge in [0, 0.05) is 29.4 Å². The zero-order valence-corrected chi connectivity index (χ0v) is 18.3. The summed E-state index contributed by atoms with van der Waals surface area (Å²) in [5.41, 5.74) is -2.58. The zero-order chi connectivity index (χ0) is 24.2. The number of aromatic nitrogens is 2. The largest absolute Gasteiger partial charge is 0.312 e. The lowest BCUT2D eigenvalue weighted by Gasteiger charge is -2.28. The van der Waals surface area contributed by atoms with Gasteiger partial charge in [0.25, 0.3) is 17.0 Å². The lowest BCUT2D eigenvalue weighted by Crippen LogP contribution is -2.53. The van der Waals surface area contributed by atoms with Crippen LogP contribution in [-0.2, 0) is 10.3 Å². The molecule has 3 aliphatic rings. The molecule has 8 heteroatoms. The van der Waals surface area contributed by atoms with E-state index >= 15 is 0 Å². The third-order valence-electron chi connectivity index (χ3n) is 7.23. The molecule has 1 atom stereocenters. The van der Waals surface area contributed by atoms with E-state index in [0.717, 1.165) is 9.36 Å². The number of ketones is 2. The molecule has 0 N–H and O–H groups in total. The van der Waals surface area contributed by atoms with Crippen molar-refractivity contribution >= 4 is 39.6 Å². The number of carbonyl (C=O) groups excluding carboxylic acids is 3. The van der Waals surface area contributed by atoms with Crippen molar-refractivity contribution in [2.75, 3.05) is 11.9 Å². The van der Waals surface area contributed by atoms with Crippen LogP contribution < -0.4 is 16.0 Å². The highest BCUT2D eigenvalue weighted by Gasteiger charge is 2.64. The van der Waals surface area contributed by atoms with Gasteiger partial charge in [-0.15, -0.1) is 0 Å². The molecule has 0 fully saturated rings. The summed E-state index contributed by atoms with van der Waals surface area (Å²) in [6, 6.07) is 19.3. The molecule has 3 heterocycles. The van der Waals surface area contributed by atoms with Crippen LogP contribution in [0.2, 0.25) is 0 Å². The number of anilines is 1. The topological polar surface area (TPSA) is 98.5 Å². The summed E-state index contributed by atoms with van der Waals surface area (Å²) in [6.07, 6.45) is 0. The molecule has 7 rings (SSSR count). The van der Waals surface area contributed by atoms with Gasteiger partial charge >= 0.3 is 0 Å². The molecule has 168 valence electrons. The third-order valence-corrected chi connectivity index (χ3v) is 7.23. The molecular formula is C27H15N3O5. The van der Waals surface area contributed by atoms with Crippen LogP contribution in [0.5, 0.6) is 0 Å². The van der Waals surface area contributed by atoms with Crippen molar-refractivity contribution in [3.8, 4) is 0 Å². The molecule has 4 aromatic rings. The van der Waals surface area contributed by atoms with Crippen LogP contribution in [0.15, 0.2) is 88.0 Å². The fraction of sp³-hybridized carbons (Fsp3) is 0.0741. The average molecular weight is 461 g/mol. The van der Waals surface area contributed by atoms with Gasteiger partial charge in [-0.2, -0.15) is 0 Å². The summed E-state index contributed by atoms with van der Waals surface area (Å²) in [5.74, 6) is -1.74. The van der Waals surface area contributed by atoms with Gasteiger partial charge in [-0.25, -0.2) is 9.36 Å². The highest BCUT2D eigenvalue weighted by molar-refractivity contribution is 6.40. The van der Waals surface area contributed by atoms with Crippen molar-refractivity contribution in [1.82, 2.24) is 9.36 Å². The second-order valence-electron chi connectivity index (χ2n) is 8.80. The Hall–Kier alpha value is -4.85. The normalized spacial score (nSPS) is 19.9. The SMILES string of the molecule is CN1C(=O)C2(C3=C(C(=O)c4ccccc4C3=O)n3c(=O)c4ccccc4c(=O)n32)c2ccccc21. The first kappa shape index (κ1) is 19.6. The van der Waals surface area contributed by atoms with Gasteiger partial charge in [0.05, 0.1) is 16.3 Å². The van der Waals surface area contributed by atoms with Crippen molar-refractivity contribution < 1.29 is 14.4 Å². The number of hydrogen-bond donors (Lipinski definition) is 0. The van der Waals surface area contributed by atoms with E-state index in [1.54, 1.807) is 55.6 Å². The number of nitrogens with zero attached hydrogens (tertiary/aromatic N) is 3. The number of hydrogen-bond acceptors (Lipinski definition) is 5. The molecule has 1 unspecified atom stereocenters. The van der Waals surface area contributed by atoms with Crippen molar-refractivity contribution in [3.05, 3.63) is 116 Å². The monoisotopic (exact) mass is 461 g/mol. The number of para-hydroxylation sites is 1. The smallest absolute Gasteiger partial charge is 0.278 e. The number of fused-ring (bicyclic) bond motifs is 8. The molecule has 8 nitrogen and oxygen atoms in total. The molecule has 1 spiro atoms. The molecule has 1 aromatic heterocycles. The van der Waals surface area contributed by atoms with Crippen molar-refractivity contribution in [2.24, 2.45) is 0 Å². The number of amides is 1. The van der Waals surface area contributed by atoms with E-state index < -0.39 is 34.1 Å². The second-order valence-corrected chi connectivity index (χ2v) is 8.80. The van der Waals surface area contributed by atoms with Crippen LogP contribution >= 0.6 is 0 Å². The summed E-state index contributed by atoms with van der Waals surface area (Å²) in [5, 5.41) is 0.203. The first-order chi connectivity index (χ1) is 16.9. The van der Waals surface area contributed by atoms with E-state index in [1.807, 2.05) is 0 Å². The number of carbonyl (C=O) groups is 3. The van der Waals surface area contributed by atoms with Crippen molar-refractivity contribution in [2.45, 2.75) is 5.54 Å². The van der Waals surface area contributed by atoms with Crippen LogP contribution in [0, 0.1) is 0 Å². The van der Waals surface area contributed by atoms with E-state index in [2.05, 4.69) is 0 Å². The van der Waals surface area contributed by atoms with E-state index in [-0.39, 0.29) is 33.2 Å². The van der Waals surface area contributed by atoms with E-state index in [1.165, 1.54) is 29.2 Å². The Morgan fingerprint density at radius 3 is 1.94 bits per heavy atom. The van der Waals surface area contributed by atoms with E-state index in [4.69, 9.17) is 0 Å². The van der Waals surface area contributed by atoms with E-state index in [0.29, 0.717) is 11.3 Å². The predicted molar refractivity (Wildman–Crippen MR) is 128 cm³/mol. The Kier molecular flexibility index (Phi) is 3.46. The second kappa shape index (κ2) is 6.18. The standard InChI is InChI=1S/C27H15N3O5/c1-28-19-13-7-6-12-18(19)27(26(28)35)20-21(23(32)15-9-3-2-8-14(15)22(20)31)29-24(33)16-10-4-5-11-17(16)25(34)30(27)29/h2-13H,1H3. The van der Waals surface area contributed by atoms with Gasteiger partial charge < -0.3 is 4.90 Å². The third kappa shape index (κ3) is 1.98. The molecule has 0 bridgehead atoms. The summed E-state index contributed by atoms with van der Waals surface area (Å²) in [4.78, 5) is 71.2. The maximum absolute atomic E-state index is 14.1. The van der Waals surface area contributed by atoms with Gasteiger partial charge in [0.2, 0.25) is 11.3 Å². The number of Topliss-reactive ketones (excluding diaryl/α,β-unsaturated/α-hetero) is 2. The molecular weight excluding hydrogens is 446 g/mol. The van der Waals surface area contributed by atoms with Crippen molar-refractivity contribution in [3.63, 3.8) is 0 Å². The van der Waals surface area contributed by atoms with Crippen LogP contribution in [0.4, 0.5) is 5.69 Å². The number of allylic oxidation sites excluding steroid dienone is 1. The van der Waals surface area contributed by atoms with Gasteiger partial charge in [-0.1, -0.05) is 54.6 Å². The predicted octanol–water partition coefficient (Wildman–Crippen LogP) is 2.19. The van der Waals surface area contributed by atoms with Crippen LogP contribution in [0.1, 0.15) is 26.3 Å². The highest BCUT2D eigenvalue weighted by Crippen LogP contribution is 2.52. The molecule has 0 saturated carbocycles. The minimum Gasteiger partial charge on any atom is -0.312 e. The fourth-order valence-electron chi connectivity index (χ4n) is 5.76. The molecule has 3 aromatic carbocycles. The number of rotatable bonds is 0. The van der Waals surface area contributed by atoms with E-state index in [9.17, 15) is 24.0 Å². The summed E-state index contributed by atoms with van der Waals surface area (Å²) in [6.45, 7) is 0. The first-order valence-electron chi connectivity index (χ1n) is 11.0. The molecule has 1 amide bonds. The molecule has 35 heavy (non-hydrogen) atoms. The Bertz CT molecular complexity index is 1880. The zero-order valence-electron chi connectivity index (χ0n) is 18.3. The Labute approximate surface area is 196 Å². The average Bonchev–Trinajstić information content (AvgIpc) is 3.33. The minimum absolute atomic E-state index is 0.101. The maximum atomic E-state index is 14.1. The summed E-state index contributed by atoms with van der Waals surface area (Å²) >= 11 is 0. The Morgan fingerprint density at radius 2 is 1.23 bits per heavy atom. The fourth-order valence-corrected chi connectivity index (χ4v) is 5.76. The quantitative estimate of drug-likeness (QED) is 0.400. The molecule has 0 saturated heterocycles. The Morgan fingerprint density at radius 1 is 0.657 bits per heavy atom. The summed E-state index contributed by atoms with van der Waals surface area (Å²) < 4.78 is 1.97. The minimum atomic E-state index is -1.98. The van der Waals surface area contributed by atoms with Crippen LogP contribution in [0.3, 0.4) is 0 Å².